The van der Waals surface area contributed by atoms with Crippen LogP contribution in [0.2, 0.25) is 0 Å². The largest absolute Gasteiger partial charge is 0.411 e. The molecule has 32 heavy (non-hydrogen) atoms. The van der Waals surface area contributed by atoms with Crippen molar-refractivity contribution in [3.8, 4) is 0 Å². The molecule has 0 fully saturated rings. The fourth-order valence-electron chi connectivity index (χ4n) is 2.78. The second-order valence-electron chi connectivity index (χ2n) is 6.68. The number of halogens is 5. The summed E-state index contributed by atoms with van der Waals surface area (Å²) in [7, 11) is 0. The van der Waals surface area contributed by atoms with Crippen LogP contribution in [0.1, 0.15) is 22.3 Å². The number of nitrogens with zero attached hydrogens (tertiary/aromatic N) is 1. The van der Waals surface area contributed by atoms with E-state index in [9.17, 15) is 31.5 Å². The Balaban J connectivity index is 1.51. The Labute approximate surface area is 178 Å². The van der Waals surface area contributed by atoms with Crippen molar-refractivity contribution < 1.29 is 41.1 Å². The molecule has 1 aliphatic rings. The summed E-state index contributed by atoms with van der Waals surface area (Å²) in [5.41, 5.74) is 0.453. The number of urea groups is 1. The van der Waals surface area contributed by atoms with Crippen LogP contribution in [0, 0.1) is 11.6 Å². The minimum absolute atomic E-state index is 0.230. The van der Waals surface area contributed by atoms with E-state index >= 15 is 0 Å². The third-order valence-electron chi connectivity index (χ3n) is 4.20. The third kappa shape index (κ3) is 6.23. The first-order valence-corrected chi connectivity index (χ1v) is 9.16. The summed E-state index contributed by atoms with van der Waals surface area (Å²) in [4.78, 5) is 28.9. The number of alkyl halides is 3. The molecular weight excluding hydrogens is 441 g/mol. The predicted octanol–water partition coefficient (Wildman–Crippen LogP) is 4.00. The summed E-state index contributed by atoms with van der Waals surface area (Å²) >= 11 is 0. The van der Waals surface area contributed by atoms with Gasteiger partial charge in [0.1, 0.15) is 23.8 Å². The van der Waals surface area contributed by atoms with E-state index in [2.05, 4.69) is 15.2 Å². The molecule has 0 radical (unpaired) electrons. The van der Waals surface area contributed by atoms with Crippen LogP contribution in [0.3, 0.4) is 0 Å². The van der Waals surface area contributed by atoms with E-state index in [4.69, 9.17) is 4.84 Å². The Kier molecular flexibility index (Phi) is 7.03. The van der Waals surface area contributed by atoms with Crippen molar-refractivity contribution >= 4 is 23.3 Å². The Morgan fingerprint density at radius 3 is 2.38 bits per heavy atom. The smallest absolute Gasteiger partial charge is 0.389 e. The van der Waals surface area contributed by atoms with Gasteiger partial charge in [-0.05, 0) is 29.8 Å². The van der Waals surface area contributed by atoms with Crippen molar-refractivity contribution in [1.82, 2.24) is 5.32 Å². The van der Waals surface area contributed by atoms with Crippen molar-refractivity contribution in [2.75, 3.05) is 18.5 Å². The number of amides is 3. The van der Waals surface area contributed by atoms with Gasteiger partial charge in [0.25, 0.3) is 5.91 Å². The maximum Gasteiger partial charge on any atom is 0.411 e. The van der Waals surface area contributed by atoms with Crippen molar-refractivity contribution in [3.05, 3.63) is 65.2 Å². The highest BCUT2D eigenvalue weighted by molar-refractivity contribution is 6.08. The average molecular weight is 457 g/mol. The number of benzene rings is 2. The number of hydrogen-bond donors (Lipinski definition) is 2. The van der Waals surface area contributed by atoms with Crippen molar-refractivity contribution in [2.24, 2.45) is 5.16 Å². The molecule has 0 bridgehead atoms. The number of hydrogen-bond acceptors (Lipinski definition) is 5. The quantitative estimate of drug-likeness (QED) is 0.642. The zero-order valence-electron chi connectivity index (χ0n) is 16.2. The molecule has 3 rings (SSSR count). The van der Waals surface area contributed by atoms with Crippen LogP contribution in [0.4, 0.5) is 32.4 Å². The fourth-order valence-corrected chi connectivity index (χ4v) is 2.78. The Morgan fingerprint density at radius 1 is 1.09 bits per heavy atom. The van der Waals surface area contributed by atoms with Crippen LogP contribution in [-0.2, 0) is 9.57 Å². The van der Waals surface area contributed by atoms with E-state index in [1.165, 1.54) is 12.1 Å². The van der Waals surface area contributed by atoms with Gasteiger partial charge in [0, 0.05) is 12.1 Å². The van der Waals surface area contributed by atoms with Gasteiger partial charge in [0.15, 0.2) is 6.10 Å². The molecular formula is C20H16F5N3O4. The van der Waals surface area contributed by atoms with Gasteiger partial charge in [-0.3, -0.25) is 10.1 Å². The number of nitrogens with one attached hydrogen (secondary N) is 2. The molecule has 1 heterocycles. The first kappa shape index (κ1) is 23.1. The lowest BCUT2D eigenvalue weighted by molar-refractivity contribution is -0.180. The van der Waals surface area contributed by atoms with Crippen LogP contribution in [-0.4, -0.2) is 43.1 Å². The van der Waals surface area contributed by atoms with Crippen molar-refractivity contribution in [3.63, 3.8) is 0 Å². The highest BCUT2D eigenvalue weighted by atomic mass is 19.4. The van der Waals surface area contributed by atoms with Gasteiger partial charge in [-0.15, -0.1) is 0 Å². The number of imide groups is 1. The number of rotatable bonds is 6. The minimum atomic E-state index is -4.43. The van der Waals surface area contributed by atoms with E-state index < -0.39 is 48.0 Å². The molecule has 0 saturated carbocycles. The van der Waals surface area contributed by atoms with Gasteiger partial charge in [-0.1, -0.05) is 23.4 Å². The average Bonchev–Trinajstić information content (AvgIpc) is 3.16. The number of carbonyl (C=O) groups excluding carboxylic acids is 2. The zero-order chi connectivity index (χ0) is 23.3. The maximum atomic E-state index is 13.6. The number of ether oxygens (including phenoxy) is 1. The standard InChI is InChI=1S/C20H16F5N3O4/c21-14-2-1-3-15(22)17(14)18(29)27-19(30)26-12-6-4-11(5-7-12)16-8-13(32-28-16)9-31-10-20(23,24)25/h1-7,13H,8-10H2,(H2,26,27,29,30). The maximum absolute atomic E-state index is 13.6. The number of anilines is 1. The van der Waals surface area contributed by atoms with E-state index in [-0.39, 0.29) is 18.7 Å². The normalized spacial score (nSPS) is 15.7. The highest BCUT2D eigenvalue weighted by Gasteiger charge is 2.29. The van der Waals surface area contributed by atoms with Gasteiger partial charge in [0.05, 0.1) is 12.3 Å². The molecule has 3 amide bonds. The molecule has 1 unspecified atom stereocenters. The summed E-state index contributed by atoms with van der Waals surface area (Å²) in [6.45, 7) is -1.65. The molecule has 2 N–H and O–H groups in total. The SMILES string of the molecule is O=C(NC(=O)c1c(F)cccc1F)Nc1ccc(C2=NOC(COCC(F)(F)F)C2)cc1. The fraction of sp³-hybridized carbons (Fsp3) is 0.250. The molecule has 170 valence electrons. The van der Waals surface area contributed by atoms with Crippen molar-refractivity contribution in [2.45, 2.75) is 18.7 Å². The molecule has 2 aromatic carbocycles. The Morgan fingerprint density at radius 2 is 1.75 bits per heavy atom. The van der Waals surface area contributed by atoms with Gasteiger partial charge in [-0.25, -0.2) is 13.6 Å². The van der Waals surface area contributed by atoms with Crippen LogP contribution in [0.15, 0.2) is 47.6 Å². The first-order valence-electron chi connectivity index (χ1n) is 9.16. The lowest BCUT2D eigenvalue weighted by Gasteiger charge is -2.11. The van der Waals surface area contributed by atoms with Crippen LogP contribution >= 0.6 is 0 Å². The molecule has 1 aliphatic heterocycles. The second kappa shape index (κ2) is 9.73. The van der Waals surface area contributed by atoms with Crippen LogP contribution in [0.25, 0.3) is 0 Å². The van der Waals surface area contributed by atoms with Gasteiger partial charge < -0.3 is 14.9 Å². The van der Waals surface area contributed by atoms with Gasteiger partial charge in [-0.2, -0.15) is 13.2 Å². The summed E-state index contributed by atoms with van der Waals surface area (Å²) < 4.78 is 68.1. The topological polar surface area (TPSA) is 89.0 Å². The zero-order valence-corrected chi connectivity index (χ0v) is 16.2. The monoisotopic (exact) mass is 457 g/mol. The Bertz CT molecular complexity index is 1000. The number of oxime groups is 1. The minimum Gasteiger partial charge on any atom is -0.389 e. The van der Waals surface area contributed by atoms with Gasteiger partial charge in [0.2, 0.25) is 0 Å². The molecule has 12 heteroatoms. The molecule has 0 spiro atoms. The highest BCUT2D eigenvalue weighted by Crippen LogP contribution is 2.20. The molecule has 7 nitrogen and oxygen atoms in total. The summed E-state index contributed by atoms with van der Waals surface area (Å²) in [6, 6.07) is 7.92. The number of carbonyl (C=O) groups is 2. The summed E-state index contributed by atoms with van der Waals surface area (Å²) in [6.07, 6.45) is -4.85. The molecule has 0 aliphatic carbocycles. The molecule has 0 aromatic heterocycles. The first-order chi connectivity index (χ1) is 15.1. The second-order valence-corrected chi connectivity index (χ2v) is 6.68. The lowest BCUT2D eigenvalue weighted by atomic mass is 10.1. The van der Waals surface area contributed by atoms with Crippen LogP contribution in [0.5, 0.6) is 0 Å². The molecule has 2 aromatic rings. The molecule has 1 atom stereocenters. The van der Waals surface area contributed by atoms with E-state index in [0.29, 0.717) is 11.3 Å². The van der Waals surface area contributed by atoms with Crippen LogP contribution < -0.4 is 10.6 Å². The Hall–Kier alpha value is -3.54. The van der Waals surface area contributed by atoms with Crippen molar-refractivity contribution in [1.29, 1.82) is 0 Å². The third-order valence-corrected chi connectivity index (χ3v) is 4.20. The summed E-state index contributed by atoms with van der Waals surface area (Å²) in [5, 5.41) is 7.98. The van der Waals surface area contributed by atoms with E-state index in [0.717, 1.165) is 18.2 Å². The molecule has 0 saturated heterocycles. The predicted molar refractivity (Wildman–Crippen MR) is 102 cm³/mol. The summed E-state index contributed by atoms with van der Waals surface area (Å²) in [5.74, 6) is -3.46. The van der Waals surface area contributed by atoms with Gasteiger partial charge >= 0.3 is 12.2 Å². The van der Waals surface area contributed by atoms with E-state index in [1.54, 1.807) is 12.1 Å². The lowest BCUT2D eigenvalue weighted by Crippen LogP contribution is -2.35. The van der Waals surface area contributed by atoms with E-state index in [1.807, 2.05) is 5.32 Å².